The molecule has 0 amide bonds. The van der Waals surface area contributed by atoms with Gasteiger partial charge in [-0.3, -0.25) is 4.90 Å². The van der Waals surface area contributed by atoms with Gasteiger partial charge in [0.1, 0.15) is 0 Å². The highest BCUT2D eigenvalue weighted by atomic mass is 15.2. The van der Waals surface area contributed by atoms with Crippen molar-refractivity contribution < 1.29 is 0 Å². The summed E-state index contributed by atoms with van der Waals surface area (Å²) >= 11 is 0. The highest BCUT2D eigenvalue weighted by Crippen LogP contribution is 2.37. The maximum absolute atomic E-state index is 9.57. The van der Waals surface area contributed by atoms with Crippen LogP contribution in [0.5, 0.6) is 0 Å². The van der Waals surface area contributed by atoms with Crippen molar-refractivity contribution in [3.63, 3.8) is 0 Å². The van der Waals surface area contributed by atoms with E-state index >= 15 is 0 Å². The predicted molar refractivity (Wildman–Crippen MR) is 84.3 cm³/mol. The molecule has 2 saturated carbocycles. The Balaban J connectivity index is 2.12. The molecular formula is C18H32N2. The molecule has 0 saturated heterocycles. The van der Waals surface area contributed by atoms with E-state index < -0.39 is 0 Å². The molecule has 0 bridgehead atoms. The van der Waals surface area contributed by atoms with E-state index in [4.69, 9.17) is 0 Å². The van der Waals surface area contributed by atoms with Crippen molar-refractivity contribution in [1.29, 1.82) is 5.26 Å². The van der Waals surface area contributed by atoms with Crippen LogP contribution in [0, 0.1) is 29.1 Å². The Kier molecular flexibility index (Phi) is 5.90. The smallest absolute Gasteiger partial charge is 0.0672 e. The number of rotatable bonds is 5. The van der Waals surface area contributed by atoms with Crippen molar-refractivity contribution in [2.45, 2.75) is 84.2 Å². The van der Waals surface area contributed by atoms with Gasteiger partial charge in [-0.15, -0.1) is 0 Å². The Hall–Kier alpha value is -0.550. The zero-order valence-electron chi connectivity index (χ0n) is 13.6. The molecule has 0 aromatic heterocycles. The maximum Gasteiger partial charge on any atom is 0.0672 e. The molecule has 0 aliphatic heterocycles. The second-order valence-corrected chi connectivity index (χ2v) is 7.42. The monoisotopic (exact) mass is 276 g/mol. The van der Waals surface area contributed by atoms with Crippen LogP contribution in [0.4, 0.5) is 0 Å². The van der Waals surface area contributed by atoms with E-state index in [0.29, 0.717) is 12.0 Å². The Morgan fingerprint density at radius 3 is 2.40 bits per heavy atom. The van der Waals surface area contributed by atoms with Crippen LogP contribution in [0.2, 0.25) is 0 Å². The first-order chi connectivity index (χ1) is 9.65. The largest absolute Gasteiger partial charge is 0.296 e. The number of hydrogen-bond donors (Lipinski definition) is 0. The van der Waals surface area contributed by atoms with Crippen LogP contribution in [-0.4, -0.2) is 23.5 Å². The van der Waals surface area contributed by atoms with Crippen LogP contribution in [-0.2, 0) is 0 Å². The SMILES string of the molecule is CCC1CCC(C#N)C(N(CC(C)C)C2CCCC2)C1. The third-order valence-electron chi connectivity index (χ3n) is 5.46. The Morgan fingerprint density at radius 1 is 1.15 bits per heavy atom. The molecule has 2 heteroatoms. The van der Waals surface area contributed by atoms with Gasteiger partial charge in [0.2, 0.25) is 0 Å². The summed E-state index contributed by atoms with van der Waals surface area (Å²) in [7, 11) is 0. The molecule has 0 N–H and O–H groups in total. The van der Waals surface area contributed by atoms with Crippen LogP contribution < -0.4 is 0 Å². The van der Waals surface area contributed by atoms with Crippen LogP contribution in [0.15, 0.2) is 0 Å². The molecule has 20 heavy (non-hydrogen) atoms. The second kappa shape index (κ2) is 7.46. The molecule has 2 fully saturated rings. The molecule has 2 aliphatic carbocycles. The molecule has 0 aromatic carbocycles. The van der Waals surface area contributed by atoms with E-state index in [1.54, 1.807) is 0 Å². The molecule has 2 aliphatic rings. The summed E-state index contributed by atoms with van der Waals surface area (Å²) in [6.07, 6.45) is 10.4. The topological polar surface area (TPSA) is 27.0 Å². The zero-order valence-corrected chi connectivity index (χ0v) is 13.6. The van der Waals surface area contributed by atoms with Gasteiger partial charge in [-0.1, -0.05) is 40.0 Å². The van der Waals surface area contributed by atoms with Gasteiger partial charge in [0.25, 0.3) is 0 Å². The second-order valence-electron chi connectivity index (χ2n) is 7.42. The first-order valence-electron chi connectivity index (χ1n) is 8.81. The van der Waals surface area contributed by atoms with Crippen LogP contribution >= 0.6 is 0 Å². The molecule has 0 aromatic rings. The Labute approximate surface area is 125 Å². The van der Waals surface area contributed by atoms with Crippen LogP contribution in [0.25, 0.3) is 0 Å². The predicted octanol–water partition coefficient (Wildman–Crippen LogP) is 4.61. The average Bonchev–Trinajstić information content (AvgIpc) is 2.97. The fourth-order valence-corrected chi connectivity index (χ4v) is 4.33. The molecule has 3 atom stereocenters. The number of nitrogens with zero attached hydrogens (tertiary/aromatic N) is 2. The quantitative estimate of drug-likeness (QED) is 0.733. The fourth-order valence-electron chi connectivity index (χ4n) is 4.33. The molecule has 0 heterocycles. The summed E-state index contributed by atoms with van der Waals surface area (Å²) in [5, 5.41) is 9.57. The summed E-state index contributed by atoms with van der Waals surface area (Å²) in [5.41, 5.74) is 0. The minimum atomic E-state index is 0.275. The van der Waals surface area contributed by atoms with Gasteiger partial charge in [-0.2, -0.15) is 5.26 Å². The van der Waals surface area contributed by atoms with Gasteiger partial charge in [-0.25, -0.2) is 0 Å². The third kappa shape index (κ3) is 3.76. The number of nitriles is 1. The summed E-state index contributed by atoms with van der Waals surface area (Å²) < 4.78 is 0. The fraction of sp³-hybridized carbons (Fsp3) is 0.944. The minimum Gasteiger partial charge on any atom is -0.296 e. The third-order valence-corrected chi connectivity index (χ3v) is 5.46. The average molecular weight is 276 g/mol. The zero-order chi connectivity index (χ0) is 14.5. The molecule has 3 unspecified atom stereocenters. The lowest BCUT2D eigenvalue weighted by molar-refractivity contribution is 0.0524. The lowest BCUT2D eigenvalue weighted by atomic mass is 9.76. The molecule has 2 rings (SSSR count). The summed E-state index contributed by atoms with van der Waals surface area (Å²) in [6, 6.07) is 3.92. The van der Waals surface area contributed by atoms with Crippen LogP contribution in [0.1, 0.15) is 72.1 Å². The van der Waals surface area contributed by atoms with Crippen molar-refractivity contribution in [1.82, 2.24) is 4.90 Å². The molecule has 0 spiro atoms. The first-order valence-corrected chi connectivity index (χ1v) is 8.81. The minimum absolute atomic E-state index is 0.275. The Bertz CT molecular complexity index is 325. The van der Waals surface area contributed by atoms with Crippen molar-refractivity contribution in [3.8, 4) is 6.07 Å². The molecule has 114 valence electrons. The van der Waals surface area contributed by atoms with E-state index in [2.05, 4.69) is 31.7 Å². The lowest BCUT2D eigenvalue weighted by Crippen LogP contribution is -2.49. The molecular weight excluding hydrogens is 244 g/mol. The van der Waals surface area contributed by atoms with Crippen molar-refractivity contribution in [2.24, 2.45) is 17.8 Å². The lowest BCUT2D eigenvalue weighted by Gasteiger charge is -2.44. The standard InChI is InChI=1S/C18H32N2/c1-4-15-9-10-16(12-19)18(11-15)20(13-14(2)3)17-7-5-6-8-17/h14-18H,4-11,13H2,1-3H3. The Morgan fingerprint density at radius 2 is 1.85 bits per heavy atom. The normalized spacial score (nSPS) is 31.9. The van der Waals surface area contributed by atoms with Crippen molar-refractivity contribution in [2.75, 3.05) is 6.54 Å². The van der Waals surface area contributed by atoms with E-state index in [-0.39, 0.29) is 5.92 Å². The highest BCUT2D eigenvalue weighted by Gasteiger charge is 2.37. The van der Waals surface area contributed by atoms with Gasteiger partial charge >= 0.3 is 0 Å². The van der Waals surface area contributed by atoms with E-state index in [9.17, 15) is 5.26 Å². The highest BCUT2D eigenvalue weighted by molar-refractivity contribution is 4.99. The van der Waals surface area contributed by atoms with Gasteiger partial charge in [0.15, 0.2) is 0 Å². The van der Waals surface area contributed by atoms with Crippen molar-refractivity contribution in [3.05, 3.63) is 0 Å². The van der Waals surface area contributed by atoms with E-state index in [1.807, 2.05) is 0 Å². The maximum atomic E-state index is 9.57. The van der Waals surface area contributed by atoms with E-state index in [1.165, 1.54) is 51.5 Å². The van der Waals surface area contributed by atoms with Crippen molar-refractivity contribution >= 4 is 0 Å². The summed E-state index contributed by atoms with van der Waals surface area (Å²) in [6.45, 7) is 8.15. The number of hydrogen-bond acceptors (Lipinski definition) is 2. The molecule has 0 radical (unpaired) electrons. The van der Waals surface area contributed by atoms with Crippen LogP contribution in [0.3, 0.4) is 0 Å². The van der Waals surface area contributed by atoms with Gasteiger partial charge in [0.05, 0.1) is 12.0 Å². The van der Waals surface area contributed by atoms with Gasteiger partial charge in [0, 0.05) is 18.6 Å². The molecule has 2 nitrogen and oxygen atoms in total. The van der Waals surface area contributed by atoms with Gasteiger partial charge < -0.3 is 0 Å². The van der Waals surface area contributed by atoms with E-state index in [0.717, 1.165) is 18.4 Å². The summed E-state index contributed by atoms with van der Waals surface area (Å²) in [5.74, 6) is 1.83. The summed E-state index contributed by atoms with van der Waals surface area (Å²) in [4.78, 5) is 2.76. The van der Waals surface area contributed by atoms with Gasteiger partial charge in [-0.05, 0) is 43.9 Å². The first kappa shape index (κ1) is 15.8.